The first-order valence-corrected chi connectivity index (χ1v) is 6.38. The first-order valence-electron chi connectivity index (χ1n) is 5.33. The summed E-state index contributed by atoms with van der Waals surface area (Å²) in [6.45, 7) is 3.84. The summed E-state index contributed by atoms with van der Waals surface area (Å²) in [5.74, 6) is 1.32. The molecule has 0 amide bonds. The zero-order valence-electron chi connectivity index (χ0n) is 8.46. The minimum atomic E-state index is -0.159. The van der Waals surface area contributed by atoms with Crippen LogP contribution in [0.2, 0.25) is 0 Å². The van der Waals surface area contributed by atoms with Crippen molar-refractivity contribution >= 4 is 11.8 Å². The van der Waals surface area contributed by atoms with E-state index in [-0.39, 0.29) is 6.10 Å². The van der Waals surface area contributed by atoms with E-state index < -0.39 is 0 Å². The fourth-order valence-electron chi connectivity index (χ4n) is 1.52. The summed E-state index contributed by atoms with van der Waals surface area (Å²) in [6.07, 6.45) is 4.81. The van der Waals surface area contributed by atoms with Gasteiger partial charge in [-0.05, 0) is 25.0 Å². The van der Waals surface area contributed by atoms with Crippen LogP contribution in [0.4, 0.5) is 0 Å². The second-order valence-electron chi connectivity index (χ2n) is 3.71. The van der Waals surface area contributed by atoms with Gasteiger partial charge in [-0.15, -0.1) is 0 Å². The van der Waals surface area contributed by atoms with Crippen molar-refractivity contribution in [2.75, 3.05) is 18.8 Å². The summed E-state index contributed by atoms with van der Waals surface area (Å²) in [7, 11) is 0. The van der Waals surface area contributed by atoms with Gasteiger partial charge in [-0.25, -0.2) is 0 Å². The SMILES string of the molecule is CCC(O)CNCC1CCCCS1. The van der Waals surface area contributed by atoms with E-state index in [0.29, 0.717) is 0 Å². The molecule has 13 heavy (non-hydrogen) atoms. The van der Waals surface area contributed by atoms with Crippen molar-refractivity contribution in [3.63, 3.8) is 0 Å². The van der Waals surface area contributed by atoms with Crippen LogP contribution >= 0.6 is 11.8 Å². The van der Waals surface area contributed by atoms with Crippen molar-refractivity contribution in [3.05, 3.63) is 0 Å². The molecule has 1 fully saturated rings. The van der Waals surface area contributed by atoms with Crippen LogP contribution in [0.1, 0.15) is 32.6 Å². The molecule has 2 nitrogen and oxygen atoms in total. The van der Waals surface area contributed by atoms with Gasteiger partial charge in [0.15, 0.2) is 0 Å². The lowest BCUT2D eigenvalue weighted by Crippen LogP contribution is -2.32. The van der Waals surface area contributed by atoms with Gasteiger partial charge in [0.05, 0.1) is 6.10 Å². The Kier molecular flexibility index (Phi) is 5.83. The maximum absolute atomic E-state index is 9.32. The molecule has 0 aromatic heterocycles. The highest BCUT2D eigenvalue weighted by molar-refractivity contribution is 7.99. The van der Waals surface area contributed by atoms with Crippen molar-refractivity contribution in [1.82, 2.24) is 5.32 Å². The van der Waals surface area contributed by atoms with Crippen molar-refractivity contribution in [3.8, 4) is 0 Å². The van der Waals surface area contributed by atoms with Crippen LogP contribution in [-0.4, -0.2) is 35.3 Å². The highest BCUT2D eigenvalue weighted by Crippen LogP contribution is 2.24. The van der Waals surface area contributed by atoms with Gasteiger partial charge in [0.1, 0.15) is 0 Å². The number of hydrogen-bond donors (Lipinski definition) is 2. The Bertz CT molecular complexity index is 126. The molecule has 2 N–H and O–H groups in total. The first-order chi connectivity index (χ1) is 6.33. The van der Waals surface area contributed by atoms with E-state index in [1.54, 1.807) is 0 Å². The van der Waals surface area contributed by atoms with Gasteiger partial charge in [-0.2, -0.15) is 11.8 Å². The predicted molar refractivity (Wildman–Crippen MR) is 59.3 cm³/mol. The fourth-order valence-corrected chi connectivity index (χ4v) is 2.80. The van der Waals surface area contributed by atoms with Crippen LogP contribution in [-0.2, 0) is 0 Å². The van der Waals surface area contributed by atoms with E-state index in [4.69, 9.17) is 0 Å². The first kappa shape index (κ1) is 11.3. The van der Waals surface area contributed by atoms with E-state index in [1.807, 2.05) is 6.92 Å². The molecular formula is C10H21NOS. The Labute approximate surface area is 85.5 Å². The molecule has 2 atom stereocenters. The van der Waals surface area contributed by atoms with E-state index in [2.05, 4.69) is 17.1 Å². The maximum atomic E-state index is 9.32. The summed E-state index contributed by atoms with van der Waals surface area (Å²) in [4.78, 5) is 0. The fraction of sp³-hybridized carbons (Fsp3) is 1.00. The van der Waals surface area contributed by atoms with Crippen LogP contribution in [0.3, 0.4) is 0 Å². The third-order valence-electron chi connectivity index (χ3n) is 2.50. The second kappa shape index (κ2) is 6.68. The Morgan fingerprint density at radius 2 is 2.38 bits per heavy atom. The van der Waals surface area contributed by atoms with Crippen LogP contribution in [0.5, 0.6) is 0 Å². The van der Waals surface area contributed by atoms with E-state index in [1.165, 1.54) is 25.0 Å². The Morgan fingerprint density at radius 3 is 3.00 bits per heavy atom. The summed E-state index contributed by atoms with van der Waals surface area (Å²) in [5.41, 5.74) is 0. The Hall–Kier alpha value is 0.270. The van der Waals surface area contributed by atoms with Crippen LogP contribution in [0.25, 0.3) is 0 Å². The average molecular weight is 203 g/mol. The van der Waals surface area contributed by atoms with Crippen molar-refractivity contribution in [2.24, 2.45) is 0 Å². The van der Waals surface area contributed by atoms with Crippen LogP contribution in [0, 0.1) is 0 Å². The number of aliphatic hydroxyl groups is 1. The molecule has 1 aliphatic heterocycles. The number of rotatable bonds is 5. The molecule has 1 aliphatic rings. The molecule has 0 saturated carbocycles. The molecule has 0 spiro atoms. The molecule has 78 valence electrons. The Morgan fingerprint density at radius 1 is 1.54 bits per heavy atom. The van der Waals surface area contributed by atoms with Crippen molar-refractivity contribution in [1.29, 1.82) is 0 Å². The third kappa shape index (κ3) is 4.89. The lowest BCUT2D eigenvalue weighted by atomic mass is 10.2. The third-order valence-corrected chi connectivity index (χ3v) is 3.90. The zero-order valence-corrected chi connectivity index (χ0v) is 9.28. The number of nitrogens with one attached hydrogen (secondary N) is 1. The second-order valence-corrected chi connectivity index (χ2v) is 5.12. The molecule has 1 rings (SSSR count). The summed E-state index contributed by atoms with van der Waals surface area (Å²) in [5, 5.41) is 13.4. The van der Waals surface area contributed by atoms with Crippen molar-refractivity contribution < 1.29 is 5.11 Å². The minimum absolute atomic E-state index is 0.159. The molecule has 3 heteroatoms. The predicted octanol–water partition coefficient (Wildman–Crippen LogP) is 1.63. The Balaban J connectivity index is 1.98. The van der Waals surface area contributed by atoms with Gasteiger partial charge < -0.3 is 10.4 Å². The van der Waals surface area contributed by atoms with Gasteiger partial charge in [0, 0.05) is 18.3 Å². The topological polar surface area (TPSA) is 32.3 Å². The van der Waals surface area contributed by atoms with Crippen LogP contribution < -0.4 is 5.32 Å². The lowest BCUT2D eigenvalue weighted by Gasteiger charge is -2.22. The van der Waals surface area contributed by atoms with E-state index in [0.717, 1.165) is 24.8 Å². The number of thioether (sulfide) groups is 1. The molecule has 2 unspecified atom stereocenters. The molecule has 0 aromatic rings. The smallest absolute Gasteiger partial charge is 0.0662 e. The molecule has 0 aromatic carbocycles. The number of hydrogen-bond acceptors (Lipinski definition) is 3. The highest BCUT2D eigenvalue weighted by atomic mass is 32.2. The normalized spacial score (nSPS) is 25.8. The summed E-state index contributed by atoms with van der Waals surface area (Å²) in [6, 6.07) is 0. The van der Waals surface area contributed by atoms with Gasteiger partial charge in [-0.1, -0.05) is 13.3 Å². The quantitative estimate of drug-likeness (QED) is 0.712. The maximum Gasteiger partial charge on any atom is 0.0662 e. The molecular weight excluding hydrogens is 182 g/mol. The van der Waals surface area contributed by atoms with Crippen LogP contribution in [0.15, 0.2) is 0 Å². The van der Waals surface area contributed by atoms with E-state index >= 15 is 0 Å². The minimum Gasteiger partial charge on any atom is -0.392 e. The van der Waals surface area contributed by atoms with E-state index in [9.17, 15) is 5.11 Å². The van der Waals surface area contributed by atoms with Crippen molar-refractivity contribution in [2.45, 2.75) is 44.0 Å². The largest absolute Gasteiger partial charge is 0.392 e. The summed E-state index contributed by atoms with van der Waals surface area (Å²) < 4.78 is 0. The zero-order chi connectivity index (χ0) is 9.52. The summed E-state index contributed by atoms with van der Waals surface area (Å²) >= 11 is 2.08. The standard InChI is InChI=1S/C10H21NOS/c1-2-9(12)7-11-8-10-5-3-4-6-13-10/h9-12H,2-8H2,1H3. The van der Waals surface area contributed by atoms with Gasteiger partial charge >= 0.3 is 0 Å². The van der Waals surface area contributed by atoms with Gasteiger partial charge in [0.25, 0.3) is 0 Å². The molecule has 1 heterocycles. The number of aliphatic hydroxyl groups excluding tert-OH is 1. The lowest BCUT2D eigenvalue weighted by molar-refractivity contribution is 0.167. The molecule has 0 aliphatic carbocycles. The molecule has 0 bridgehead atoms. The highest BCUT2D eigenvalue weighted by Gasteiger charge is 2.13. The molecule has 0 radical (unpaired) electrons. The van der Waals surface area contributed by atoms with Gasteiger partial charge in [-0.3, -0.25) is 0 Å². The average Bonchev–Trinajstić information content (AvgIpc) is 2.19. The molecule has 1 saturated heterocycles. The monoisotopic (exact) mass is 203 g/mol. The van der Waals surface area contributed by atoms with Gasteiger partial charge in [0.2, 0.25) is 0 Å².